The van der Waals surface area contributed by atoms with Crippen LogP contribution in [-0.4, -0.2) is 4.92 Å². The zero-order valence-electron chi connectivity index (χ0n) is 7.78. The first-order valence-corrected chi connectivity index (χ1v) is 4.10. The van der Waals surface area contributed by atoms with E-state index in [-0.39, 0.29) is 16.5 Å². The van der Waals surface area contributed by atoms with Crippen LogP contribution in [0.1, 0.15) is 24.0 Å². The number of nitro benzene ring substituents is 1. The summed E-state index contributed by atoms with van der Waals surface area (Å²) in [7, 11) is 0. The lowest BCUT2D eigenvalue weighted by Gasteiger charge is -2.06. The highest BCUT2D eigenvalue weighted by Gasteiger charge is 2.15. The fourth-order valence-electron chi connectivity index (χ4n) is 1.23. The first-order chi connectivity index (χ1) is 6.02. The molecule has 0 heterocycles. The number of nitrogens with zero attached hydrogens (tertiary/aromatic N) is 1. The first kappa shape index (κ1) is 9.71. The summed E-state index contributed by atoms with van der Waals surface area (Å²) in [6, 6.07) is 5.09. The van der Waals surface area contributed by atoms with Crippen LogP contribution in [-0.2, 0) is 0 Å². The maximum atomic E-state index is 10.6. The molecule has 1 aromatic carbocycles. The van der Waals surface area contributed by atoms with Crippen molar-refractivity contribution in [2.45, 2.75) is 19.8 Å². The summed E-state index contributed by atoms with van der Waals surface area (Å²) < 4.78 is 0. The van der Waals surface area contributed by atoms with Gasteiger partial charge in [0.15, 0.2) is 0 Å². The SMILES string of the molecule is [CH2]C(C)c1cc(C)ccc1[N+](=O)[O-]. The molecule has 0 spiro atoms. The van der Waals surface area contributed by atoms with E-state index in [9.17, 15) is 10.1 Å². The Hall–Kier alpha value is -1.38. The van der Waals surface area contributed by atoms with Crippen LogP contribution in [0.5, 0.6) is 0 Å². The molecule has 1 unspecified atom stereocenters. The van der Waals surface area contributed by atoms with Gasteiger partial charge in [-0.05, 0) is 25.8 Å². The van der Waals surface area contributed by atoms with Crippen LogP contribution in [0, 0.1) is 24.0 Å². The van der Waals surface area contributed by atoms with Crippen molar-refractivity contribution in [3.8, 4) is 0 Å². The Kier molecular flexibility index (Phi) is 2.66. The van der Waals surface area contributed by atoms with Crippen LogP contribution >= 0.6 is 0 Å². The highest BCUT2D eigenvalue weighted by atomic mass is 16.6. The molecule has 69 valence electrons. The minimum absolute atomic E-state index is 0.0553. The Morgan fingerprint density at radius 3 is 2.62 bits per heavy atom. The molecule has 0 bridgehead atoms. The number of rotatable bonds is 2. The van der Waals surface area contributed by atoms with Gasteiger partial charge < -0.3 is 0 Å². The van der Waals surface area contributed by atoms with Gasteiger partial charge in [0.05, 0.1) is 4.92 Å². The smallest absolute Gasteiger partial charge is 0.258 e. The molecule has 13 heavy (non-hydrogen) atoms. The molecule has 0 aliphatic carbocycles. The summed E-state index contributed by atoms with van der Waals surface area (Å²) in [5.41, 5.74) is 1.88. The number of hydrogen-bond donors (Lipinski definition) is 0. The maximum absolute atomic E-state index is 10.6. The second-order valence-corrected chi connectivity index (χ2v) is 3.22. The van der Waals surface area contributed by atoms with Crippen molar-refractivity contribution >= 4 is 5.69 Å². The summed E-state index contributed by atoms with van der Waals surface area (Å²) in [4.78, 5) is 10.3. The third-order valence-corrected chi connectivity index (χ3v) is 1.91. The van der Waals surface area contributed by atoms with E-state index >= 15 is 0 Å². The summed E-state index contributed by atoms with van der Waals surface area (Å²) in [5.74, 6) is -0.0553. The Bertz CT molecular complexity index is 332. The third-order valence-electron chi connectivity index (χ3n) is 1.91. The lowest BCUT2D eigenvalue weighted by molar-refractivity contribution is -0.385. The molecule has 1 rings (SSSR count). The van der Waals surface area contributed by atoms with E-state index in [1.807, 2.05) is 19.9 Å². The number of aryl methyl sites for hydroxylation is 1. The molecule has 1 aromatic rings. The molecule has 0 aliphatic heterocycles. The van der Waals surface area contributed by atoms with E-state index in [0.29, 0.717) is 5.56 Å². The Labute approximate surface area is 77.5 Å². The van der Waals surface area contributed by atoms with Gasteiger partial charge in [0, 0.05) is 11.6 Å². The Balaban J connectivity index is 3.26. The average molecular weight is 178 g/mol. The topological polar surface area (TPSA) is 43.1 Å². The van der Waals surface area contributed by atoms with Crippen LogP contribution in [0.4, 0.5) is 5.69 Å². The molecule has 3 nitrogen and oxygen atoms in total. The fourth-order valence-corrected chi connectivity index (χ4v) is 1.23. The second-order valence-electron chi connectivity index (χ2n) is 3.22. The van der Waals surface area contributed by atoms with Crippen LogP contribution in [0.15, 0.2) is 18.2 Å². The first-order valence-electron chi connectivity index (χ1n) is 4.10. The summed E-state index contributed by atoms with van der Waals surface area (Å²) in [6.45, 7) is 7.55. The predicted molar refractivity (Wildman–Crippen MR) is 51.6 cm³/mol. The van der Waals surface area contributed by atoms with Crippen LogP contribution in [0.2, 0.25) is 0 Å². The molecule has 0 aromatic heterocycles. The van der Waals surface area contributed by atoms with Gasteiger partial charge in [0.25, 0.3) is 5.69 Å². The Morgan fingerprint density at radius 2 is 2.15 bits per heavy atom. The minimum Gasteiger partial charge on any atom is -0.258 e. The molecule has 0 saturated heterocycles. The summed E-state index contributed by atoms with van der Waals surface area (Å²) in [5, 5.41) is 10.6. The van der Waals surface area contributed by atoms with Crippen molar-refractivity contribution in [2.24, 2.45) is 0 Å². The van der Waals surface area contributed by atoms with Crippen molar-refractivity contribution in [3.05, 3.63) is 46.4 Å². The summed E-state index contributed by atoms with van der Waals surface area (Å²) >= 11 is 0. The molecule has 1 radical (unpaired) electrons. The Morgan fingerprint density at radius 1 is 1.54 bits per heavy atom. The summed E-state index contributed by atoms with van der Waals surface area (Å²) in [6.07, 6.45) is 0. The molecular weight excluding hydrogens is 166 g/mol. The normalized spacial score (nSPS) is 10.5. The standard InChI is InChI=1S/C10H12NO2/c1-7(2)9-6-8(3)4-5-10(9)11(12)13/h4-7H,1H2,2-3H3. The average Bonchev–Trinajstić information content (AvgIpc) is 2.03. The lowest BCUT2D eigenvalue weighted by Crippen LogP contribution is -1.97. The molecule has 0 aliphatic rings. The highest BCUT2D eigenvalue weighted by molar-refractivity contribution is 5.44. The van der Waals surface area contributed by atoms with E-state index < -0.39 is 0 Å². The maximum Gasteiger partial charge on any atom is 0.272 e. The third kappa shape index (κ3) is 2.05. The molecule has 3 heteroatoms. The zero-order chi connectivity index (χ0) is 10.0. The molecule has 0 fully saturated rings. The van der Waals surface area contributed by atoms with Crippen molar-refractivity contribution in [1.29, 1.82) is 0 Å². The molecule has 0 amide bonds. The number of nitro groups is 1. The molecular formula is C10H12NO2. The second kappa shape index (κ2) is 3.56. The molecule has 0 N–H and O–H groups in total. The van der Waals surface area contributed by atoms with Gasteiger partial charge in [-0.2, -0.15) is 0 Å². The van der Waals surface area contributed by atoms with E-state index in [2.05, 4.69) is 6.92 Å². The quantitative estimate of drug-likeness (QED) is 0.516. The molecule has 0 saturated carbocycles. The largest absolute Gasteiger partial charge is 0.272 e. The van der Waals surface area contributed by atoms with Gasteiger partial charge >= 0.3 is 0 Å². The van der Waals surface area contributed by atoms with Gasteiger partial charge in [0.2, 0.25) is 0 Å². The van der Waals surface area contributed by atoms with Crippen LogP contribution in [0.25, 0.3) is 0 Å². The fraction of sp³-hybridized carbons (Fsp3) is 0.300. The predicted octanol–water partition coefficient (Wildman–Crippen LogP) is 2.84. The van der Waals surface area contributed by atoms with Crippen molar-refractivity contribution < 1.29 is 4.92 Å². The van der Waals surface area contributed by atoms with Gasteiger partial charge in [-0.15, -0.1) is 0 Å². The molecule has 1 atom stereocenters. The van der Waals surface area contributed by atoms with E-state index in [4.69, 9.17) is 0 Å². The van der Waals surface area contributed by atoms with E-state index in [1.165, 1.54) is 6.07 Å². The monoisotopic (exact) mass is 178 g/mol. The van der Waals surface area contributed by atoms with Gasteiger partial charge in [-0.3, -0.25) is 10.1 Å². The number of hydrogen-bond acceptors (Lipinski definition) is 2. The van der Waals surface area contributed by atoms with Crippen LogP contribution in [0.3, 0.4) is 0 Å². The minimum atomic E-state index is -0.365. The zero-order valence-corrected chi connectivity index (χ0v) is 7.78. The van der Waals surface area contributed by atoms with E-state index in [1.54, 1.807) is 6.07 Å². The van der Waals surface area contributed by atoms with Crippen molar-refractivity contribution in [2.75, 3.05) is 0 Å². The van der Waals surface area contributed by atoms with Gasteiger partial charge in [0.1, 0.15) is 0 Å². The number of benzene rings is 1. The van der Waals surface area contributed by atoms with Gasteiger partial charge in [-0.25, -0.2) is 0 Å². The van der Waals surface area contributed by atoms with Gasteiger partial charge in [-0.1, -0.05) is 18.6 Å². The lowest BCUT2D eigenvalue weighted by atomic mass is 9.99. The van der Waals surface area contributed by atoms with Crippen molar-refractivity contribution in [3.63, 3.8) is 0 Å². The van der Waals surface area contributed by atoms with Crippen LogP contribution < -0.4 is 0 Å². The van der Waals surface area contributed by atoms with Crippen molar-refractivity contribution in [1.82, 2.24) is 0 Å². The highest BCUT2D eigenvalue weighted by Crippen LogP contribution is 2.26. The van der Waals surface area contributed by atoms with E-state index in [0.717, 1.165) is 5.56 Å².